The van der Waals surface area contributed by atoms with Gasteiger partial charge in [-0.25, -0.2) is 9.64 Å². The molecule has 11 heteroatoms. The van der Waals surface area contributed by atoms with Crippen LogP contribution >= 0.6 is 11.6 Å². The fourth-order valence-corrected chi connectivity index (χ4v) is 2.64. The second-order valence-electron chi connectivity index (χ2n) is 5.61. The van der Waals surface area contributed by atoms with Crippen LogP contribution in [0, 0.1) is 6.57 Å². The maximum absolute atomic E-state index is 13.2. The van der Waals surface area contributed by atoms with E-state index in [-0.39, 0.29) is 22.0 Å². The number of alkyl halides is 3. The molecule has 3 aromatic rings. The standard InChI is InChI=1S/C17H11ClF3N5O2/c1-22-13-4-3-5-14(26-16(27)25(2)23-24-26)11(13)9-28-15-8-10(18)6-7-12(15)17(19,20)21/h3-8H,9H2,2H3. The Balaban J connectivity index is 2.05. The largest absolute Gasteiger partial charge is 0.489 e. The molecule has 1 heterocycles. The molecule has 0 atom stereocenters. The molecule has 0 radical (unpaired) electrons. The fraction of sp³-hybridized carbons (Fsp3) is 0.176. The van der Waals surface area contributed by atoms with Gasteiger partial charge in [0.2, 0.25) is 0 Å². The van der Waals surface area contributed by atoms with E-state index in [4.69, 9.17) is 22.9 Å². The highest BCUT2D eigenvalue weighted by molar-refractivity contribution is 6.30. The predicted octanol–water partition coefficient (Wildman–Crippen LogP) is 3.77. The number of aryl methyl sites for hydroxylation is 1. The minimum absolute atomic E-state index is 0.0619. The molecule has 144 valence electrons. The van der Waals surface area contributed by atoms with Crippen molar-refractivity contribution < 1.29 is 17.9 Å². The number of benzene rings is 2. The minimum atomic E-state index is -4.65. The van der Waals surface area contributed by atoms with Gasteiger partial charge < -0.3 is 4.74 Å². The van der Waals surface area contributed by atoms with Crippen molar-refractivity contribution in [3.63, 3.8) is 0 Å². The summed E-state index contributed by atoms with van der Waals surface area (Å²) < 4.78 is 46.9. The normalized spacial score (nSPS) is 11.3. The fourth-order valence-electron chi connectivity index (χ4n) is 2.48. The van der Waals surface area contributed by atoms with Gasteiger partial charge >= 0.3 is 11.9 Å². The van der Waals surface area contributed by atoms with Crippen molar-refractivity contribution in [2.45, 2.75) is 12.8 Å². The molecule has 0 fully saturated rings. The molecule has 0 aliphatic rings. The Kier molecular flexibility index (Phi) is 5.11. The van der Waals surface area contributed by atoms with Crippen LogP contribution in [-0.2, 0) is 19.8 Å². The topological polar surface area (TPSA) is 66.3 Å². The van der Waals surface area contributed by atoms with Crippen LogP contribution in [0.4, 0.5) is 18.9 Å². The number of aromatic nitrogens is 4. The summed E-state index contributed by atoms with van der Waals surface area (Å²) in [5, 5.41) is 7.37. The number of ether oxygens (including phenoxy) is 1. The van der Waals surface area contributed by atoms with E-state index in [9.17, 15) is 18.0 Å². The SMILES string of the molecule is [C-]#[N+]c1cccc(-n2nnn(C)c2=O)c1COc1cc(Cl)ccc1C(F)(F)F. The highest BCUT2D eigenvalue weighted by atomic mass is 35.5. The van der Waals surface area contributed by atoms with Crippen LogP contribution in [0.3, 0.4) is 0 Å². The summed E-state index contributed by atoms with van der Waals surface area (Å²) in [7, 11) is 1.39. The molecule has 2 aromatic carbocycles. The summed E-state index contributed by atoms with van der Waals surface area (Å²) >= 11 is 5.80. The molecular formula is C17H11ClF3N5O2. The summed E-state index contributed by atoms with van der Waals surface area (Å²) in [4.78, 5) is 15.5. The Labute approximate surface area is 161 Å². The maximum Gasteiger partial charge on any atom is 0.419 e. The molecule has 0 bridgehead atoms. The van der Waals surface area contributed by atoms with E-state index >= 15 is 0 Å². The first-order chi connectivity index (χ1) is 13.2. The molecule has 0 saturated carbocycles. The van der Waals surface area contributed by atoms with Crippen molar-refractivity contribution >= 4 is 17.3 Å². The summed E-state index contributed by atoms with van der Waals surface area (Å²) in [6.45, 7) is 6.88. The van der Waals surface area contributed by atoms with Crippen LogP contribution < -0.4 is 10.4 Å². The lowest BCUT2D eigenvalue weighted by atomic mass is 10.1. The smallest absolute Gasteiger partial charge is 0.419 e. The first-order valence-corrected chi connectivity index (χ1v) is 8.08. The first-order valence-electron chi connectivity index (χ1n) is 7.70. The van der Waals surface area contributed by atoms with Gasteiger partial charge in [-0.2, -0.15) is 22.5 Å². The van der Waals surface area contributed by atoms with Gasteiger partial charge in [0.05, 0.1) is 17.8 Å². The Morgan fingerprint density at radius 3 is 2.61 bits per heavy atom. The number of hydrogen-bond donors (Lipinski definition) is 0. The number of rotatable bonds is 4. The highest BCUT2D eigenvalue weighted by Crippen LogP contribution is 2.38. The molecule has 28 heavy (non-hydrogen) atoms. The van der Waals surface area contributed by atoms with Gasteiger partial charge in [0, 0.05) is 17.6 Å². The van der Waals surface area contributed by atoms with Crippen LogP contribution in [-0.4, -0.2) is 19.8 Å². The predicted molar refractivity (Wildman–Crippen MR) is 93.6 cm³/mol. The summed E-state index contributed by atoms with van der Waals surface area (Å²) in [6.07, 6.45) is -4.65. The summed E-state index contributed by atoms with van der Waals surface area (Å²) in [5.41, 5.74) is -1.11. The van der Waals surface area contributed by atoms with E-state index in [0.717, 1.165) is 27.6 Å². The second-order valence-corrected chi connectivity index (χ2v) is 6.05. The third-order valence-electron chi connectivity index (χ3n) is 3.82. The highest BCUT2D eigenvalue weighted by Gasteiger charge is 2.34. The van der Waals surface area contributed by atoms with E-state index in [2.05, 4.69) is 15.3 Å². The van der Waals surface area contributed by atoms with Crippen molar-refractivity contribution in [1.82, 2.24) is 19.8 Å². The monoisotopic (exact) mass is 409 g/mol. The third kappa shape index (κ3) is 3.70. The van der Waals surface area contributed by atoms with E-state index in [1.54, 1.807) is 0 Å². The van der Waals surface area contributed by atoms with Crippen LogP contribution in [0.1, 0.15) is 11.1 Å². The van der Waals surface area contributed by atoms with Gasteiger partial charge in [-0.15, -0.1) is 0 Å². The lowest BCUT2D eigenvalue weighted by Crippen LogP contribution is -2.23. The quantitative estimate of drug-likeness (QED) is 0.615. The zero-order chi connectivity index (χ0) is 20.5. The third-order valence-corrected chi connectivity index (χ3v) is 4.05. The Morgan fingerprint density at radius 1 is 1.25 bits per heavy atom. The van der Waals surface area contributed by atoms with Gasteiger partial charge in [0.25, 0.3) is 0 Å². The van der Waals surface area contributed by atoms with Crippen LogP contribution in [0.2, 0.25) is 5.02 Å². The Hall–Kier alpha value is -3.32. The molecule has 0 saturated heterocycles. The first kappa shape index (κ1) is 19.4. The average molecular weight is 410 g/mol. The van der Waals surface area contributed by atoms with Crippen molar-refractivity contribution in [3.8, 4) is 11.4 Å². The number of hydrogen-bond acceptors (Lipinski definition) is 4. The molecule has 0 unspecified atom stereocenters. The molecule has 0 amide bonds. The van der Waals surface area contributed by atoms with Crippen molar-refractivity contribution in [3.05, 3.63) is 74.4 Å². The van der Waals surface area contributed by atoms with E-state index in [0.29, 0.717) is 0 Å². The summed E-state index contributed by atoms with van der Waals surface area (Å²) in [5.74, 6) is -0.489. The van der Waals surface area contributed by atoms with Crippen molar-refractivity contribution in [2.24, 2.45) is 7.05 Å². The molecule has 0 aliphatic heterocycles. The zero-order valence-corrected chi connectivity index (χ0v) is 15.0. The van der Waals surface area contributed by atoms with E-state index < -0.39 is 29.8 Å². The van der Waals surface area contributed by atoms with Gasteiger partial charge in [0.15, 0.2) is 5.69 Å². The van der Waals surface area contributed by atoms with E-state index in [1.165, 1.54) is 25.2 Å². The average Bonchev–Trinajstić information content (AvgIpc) is 2.97. The lowest BCUT2D eigenvalue weighted by Gasteiger charge is -2.16. The second kappa shape index (κ2) is 7.36. The number of tetrazole rings is 1. The van der Waals surface area contributed by atoms with Crippen LogP contribution in [0.25, 0.3) is 10.5 Å². The van der Waals surface area contributed by atoms with Crippen molar-refractivity contribution in [2.75, 3.05) is 0 Å². The van der Waals surface area contributed by atoms with Gasteiger partial charge in [0.1, 0.15) is 12.4 Å². The maximum atomic E-state index is 13.2. The van der Waals surface area contributed by atoms with Crippen LogP contribution in [0.15, 0.2) is 41.2 Å². The molecule has 0 spiro atoms. The molecule has 0 aliphatic carbocycles. The van der Waals surface area contributed by atoms with Gasteiger partial charge in [-0.3, -0.25) is 0 Å². The van der Waals surface area contributed by atoms with E-state index in [1.807, 2.05) is 0 Å². The lowest BCUT2D eigenvalue weighted by molar-refractivity contribution is -0.139. The van der Waals surface area contributed by atoms with Gasteiger partial charge in [-0.1, -0.05) is 23.7 Å². The van der Waals surface area contributed by atoms with Gasteiger partial charge in [-0.05, 0) is 34.7 Å². The molecule has 7 nitrogen and oxygen atoms in total. The number of halogens is 4. The molecule has 0 N–H and O–H groups in total. The zero-order valence-electron chi connectivity index (χ0n) is 14.2. The summed E-state index contributed by atoms with van der Waals surface area (Å²) in [6, 6.07) is 7.43. The Bertz CT molecular complexity index is 1130. The Morgan fingerprint density at radius 2 is 2.00 bits per heavy atom. The molecule has 1 aromatic heterocycles. The number of nitrogens with zero attached hydrogens (tertiary/aromatic N) is 5. The molecular weight excluding hydrogens is 399 g/mol. The minimum Gasteiger partial charge on any atom is -0.489 e. The molecule has 3 rings (SSSR count). The van der Waals surface area contributed by atoms with Crippen molar-refractivity contribution in [1.29, 1.82) is 0 Å². The van der Waals surface area contributed by atoms with Crippen LogP contribution in [0.5, 0.6) is 5.75 Å².